The number of methoxy groups -OCH3 is 3. The van der Waals surface area contributed by atoms with Crippen LogP contribution in [0.1, 0.15) is 31.2 Å². The lowest BCUT2D eigenvalue weighted by molar-refractivity contribution is 0.210. The molecule has 0 unspecified atom stereocenters. The molecule has 0 amide bonds. The highest BCUT2D eigenvalue weighted by Gasteiger charge is 2.20. The molecule has 0 atom stereocenters. The number of aromatic nitrogens is 4. The monoisotopic (exact) mass is 702 g/mol. The highest BCUT2D eigenvalue weighted by Crippen LogP contribution is 2.29. The molecule has 2 aromatic heterocycles. The fourth-order valence-corrected chi connectivity index (χ4v) is 5.22. The minimum Gasteiger partial charge on any atom is -0.493 e. The molecule has 2 saturated heterocycles. The Kier molecular flexibility index (Phi) is 17.1. The SMILES string of the molecule is COc1cc(NC2CCN(Cc3ccc(OC)c(OCCF)c3)CC2)[nH]c(=O)n1.COc1cc(NC2CCNCC2)[nH]c(=O)n1.Cl.Cl. The zero-order valence-corrected chi connectivity index (χ0v) is 28.4. The highest BCUT2D eigenvalue weighted by atomic mass is 35.5. The van der Waals surface area contributed by atoms with Gasteiger partial charge in [0.2, 0.25) is 11.8 Å². The molecule has 14 nitrogen and oxygen atoms in total. The smallest absolute Gasteiger partial charge is 0.349 e. The minimum atomic E-state index is -0.539. The summed E-state index contributed by atoms with van der Waals surface area (Å²) in [6.07, 6.45) is 3.97. The molecule has 1 aromatic carbocycles. The second-order valence-corrected chi connectivity index (χ2v) is 10.7. The van der Waals surface area contributed by atoms with Crippen LogP contribution in [0, 0.1) is 0 Å². The summed E-state index contributed by atoms with van der Waals surface area (Å²) < 4.78 is 33.1. The number of hydrogen-bond acceptors (Lipinski definition) is 12. The third-order valence-corrected chi connectivity index (χ3v) is 7.48. The van der Waals surface area contributed by atoms with Crippen molar-refractivity contribution in [2.45, 2.75) is 44.3 Å². The lowest BCUT2D eigenvalue weighted by Gasteiger charge is -2.32. The predicted molar refractivity (Wildman–Crippen MR) is 183 cm³/mol. The molecule has 4 heterocycles. The standard InChI is InChI=1S/C20H27FN4O4.C10H16N4O2.2ClH/c1-27-16-4-3-14(11-17(16)29-10-7-21)13-25-8-5-15(6-9-25)22-18-12-19(28-2)24-20(26)23-18;1-16-9-6-8(13-10(15)14-9)12-7-2-4-11-5-3-7;;/h3-4,11-12,15H,5-10,13H2,1-2H3,(H2,22,23,24,26);6-7,11H,2-5H2,1H3,(H2,12,13,14,15);2*1H. The number of nitrogens with one attached hydrogen (secondary N) is 5. The minimum absolute atomic E-state index is 0. The number of benzene rings is 1. The van der Waals surface area contributed by atoms with E-state index < -0.39 is 18.1 Å². The second-order valence-electron chi connectivity index (χ2n) is 10.7. The maximum absolute atomic E-state index is 12.4. The van der Waals surface area contributed by atoms with Crippen LogP contribution >= 0.6 is 24.8 Å². The number of likely N-dealkylation sites (tertiary alicyclic amines) is 1. The number of H-pyrrole nitrogens is 2. The van der Waals surface area contributed by atoms with E-state index in [4.69, 9.17) is 18.9 Å². The molecule has 2 aliphatic heterocycles. The Bertz CT molecular complexity index is 1470. The molecule has 3 aromatic rings. The molecule has 17 heteroatoms. The lowest BCUT2D eigenvalue weighted by Crippen LogP contribution is -2.39. The van der Waals surface area contributed by atoms with Gasteiger partial charge >= 0.3 is 11.4 Å². The van der Waals surface area contributed by atoms with Gasteiger partial charge in [0.15, 0.2) is 11.5 Å². The van der Waals surface area contributed by atoms with Crippen LogP contribution in [0.15, 0.2) is 39.9 Å². The molecule has 0 saturated carbocycles. The number of rotatable bonds is 12. The number of piperidine rings is 2. The number of alkyl halides is 1. The van der Waals surface area contributed by atoms with Gasteiger partial charge in [0.05, 0.1) is 21.3 Å². The summed E-state index contributed by atoms with van der Waals surface area (Å²) in [4.78, 5) is 37.9. The molecule has 262 valence electrons. The molecule has 0 aliphatic carbocycles. The van der Waals surface area contributed by atoms with E-state index in [0.29, 0.717) is 40.9 Å². The van der Waals surface area contributed by atoms with Crippen LogP contribution in [-0.2, 0) is 6.54 Å². The van der Waals surface area contributed by atoms with Gasteiger partial charge in [0.1, 0.15) is 24.9 Å². The fourth-order valence-electron chi connectivity index (χ4n) is 5.22. The number of halogens is 3. The Balaban J connectivity index is 0.000000363. The van der Waals surface area contributed by atoms with Gasteiger partial charge in [-0.15, -0.1) is 24.8 Å². The van der Waals surface area contributed by atoms with Crippen LogP contribution in [0.5, 0.6) is 23.3 Å². The normalized spacial score (nSPS) is 15.1. The number of aromatic amines is 2. The van der Waals surface area contributed by atoms with E-state index in [0.717, 1.165) is 64.0 Å². The molecule has 5 N–H and O–H groups in total. The largest absolute Gasteiger partial charge is 0.493 e. The van der Waals surface area contributed by atoms with Crippen molar-refractivity contribution in [3.05, 3.63) is 56.9 Å². The Morgan fingerprint density at radius 3 is 1.87 bits per heavy atom. The van der Waals surface area contributed by atoms with E-state index in [1.807, 2.05) is 18.2 Å². The lowest BCUT2D eigenvalue weighted by atomic mass is 10.0. The summed E-state index contributed by atoms with van der Waals surface area (Å²) in [5.41, 5.74) is 0.264. The zero-order chi connectivity index (χ0) is 32.0. The third-order valence-electron chi connectivity index (χ3n) is 7.48. The van der Waals surface area contributed by atoms with Crippen LogP contribution < -0.4 is 46.3 Å². The molecular weight excluding hydrogens is 658 g/mol. The zero-order valence-electron chi connectivity index (χ0n) is 26.8. The van der Waals surface area contributed by atoms with E-state index >= 15 is 0 Å². The molecule has 5 rings (SSSR count). The molecule has 0 bridgehead atoms. The molecular formula is C30H45Cl2FN8O6. The first-order chi connectivity index (χ1) is 21.9. The maximum Gasteiger partial charge on any atom is 0.349 e. The van der Waals surface area contributed by atoms with Crippen molar-refractivity contribution in [1.82, 2.24) is 30.2 Å². The van der Waals surface area contributed by atoms with Crippen molar-refractivity contribution < 1.29 is 23.3 Å². The topological polar surface area (TPSA) is 168 Å². The number of nitrogens with zero attached hydrogens (tertiary/aromatic N) is 3. The third kappa shape index (κ3) is 12.7. The van der Waals surface area contributed by atoms with Crippen molar-refractivity contribution in [3.8, 4) is 23.3 Å². The van der Waals surface area contributed by atoms with Crippen molar-refractivity contribution in [2.75, 3.05) is 71.4 Å². The van der Waals surface area contributed by atoms with Crippen LogP contribution in [0.3, 0.4) is 0 Å². The summed E-state index contributed by atoms with van der Waals surface area (Å²) in [6.45, 7) is 4.09. The summed E-state index contributed by atoms with van der Waals surface area (Å²) in [5.74, 6) is 3.08. The van der Waals surface area contributed by atoms with Gasteiger partial charge in [0, 0.05) is 43.9 Å². The van der Waals surface area contributed by atoms with Gasteiger partial charge in [-0.25, -0.2) is 14.0 Å². The average Bonchev–Trinajstić information content (AvgIpc) is 3.05. The maximum atomic E-state index is 12.4. The first kappa shape index (κ1) is 39.4. The molecule has 2 fully saturated rings. The van der Waals surface area contributed by atoms with Crippen molar-refractivity contribution in [1.29, 1.82) is 0 Å². The van der Waals surface area contributed by atoms with Gasteiger partial charge in [-0.3, -0.25) is 14.9 Å². The summed E-state index contributed by atoms with van der Waals surface area (Å²) in [5, 5.41) is 9.92. The molecule has 47 heavy (non-hydrogen) atoms. The second kappa shape index (κ2) is 20.4. The Morgan fingerprint density at radius 2 is 1.36 bits per heavy atom. The number of anilines is 2. The van der Waals surface area contributed by atoms with Gasteiger partial charge in [0.25, 0.3) is 0 Å². The Morgan fingerprint density at radius 1 is 0.809 bits per heavy atom. The van der Waals surface area contributed by atoms with Crippen LogP contribution in [0.4, 0.5) is 16.0 Å². The first-order valence-electron chi connectivity index (χ1n) is 15.0. The van der Waals surface area contributed by atoms with E-state index in [1.54, 1.807) is 19.2 Å². The van der Waals surface area contributed by atoms with Gasteiger partial charge in [-0.05, 0) is 56.5 Å². The average molecular weight is 704 g/mol. The molecule has 2 aliphatic rings. The van der Waals surface area contributed by atoms with E-state index in [2.05, 4.69) is 40.8 Å². The van der Waals surface area contributed by atoms with Crippen LogP contribution in [0.25, 0.3) is 0 Å². The summed E-state index contributed by atoms with van der Waals surface area (Å²) in [7, 11) is 4.55. The highest BCUT2D eigenvalue weighted by molar-refractivity contribution is 5.85. The first-order valence-corrected chi connectivity index (χ1v) is 15.0. The molecule has 0 radical (unpaired) electrons. The number of hydrogen-bond donors (Lipinski definition) is 5. The van der Waals surface area contributed by atoms with Gasteiger partial charge in [-0.1, -0.05) is 6.07 Å². The van der Waals surface area contributed by atoms with E-state index in [1.165, 1.54) is 14.2 Å². The van der Waals surface area contributed by atoms with E-state index in [-0.39, 0.29) is 37.5 Å². The van der Waals surface area contributed by atoms with Crippen molar-refractivity contribution in [3.63, 3.8) is 0 Å². The van der Waals surface area contributed by atoms with Gasteiger partial charge in [-0.2, -0.15) is 9.97 Å². The predicted octanol–water partition coefficient (Wildman–Crippen LogP) is 3.00. The van der Waals surface area contributed by atoms with Crippen molar-refractivity contribution >= 4 is 36.4 Å². The van der Waals surface area contributed by atoms with Gasteiger partial charge < -0.3 is 34.9 Å². The summed E-state index contributed by atoms with van der Waals surface area (Å²) >= 11 is 0. The van der Waals surface area contributed by atoms with E-state index in [9.17, 15) is 14.0 Å². The molecule has 0 spiro atoms. The quantitative estimate of drug-likeness (QED) is 0.187. The fraction of sp³-hybridized carbons (Fsp3) is 0.533. The van der Waals surface area contributed by atoms with Crippen molar-refractivity contribution in [2.24, 2.45) is 0 Å². The van der Waals surface area contributed by atoms with Crippen LogP contribution in [-0.4, -0.2) is 97.7 Å². The summed E-state index contributed by atoms with van der Waals surface area (Å²) in [6, 6.07) is 9.79. The number of ether oxygens (including phenoxy) is 4. The Labute approximate surface area is 285 Å². The van der Waals surface area contributed by atoms with Crippen LogP contribution in [0.2, 0.25) is 0 Å². The Hall–Kier alpha value is -3.79.